The van der Waals surface area contributed by atoms with Crippen molar-refractivity contribution in [2.45, 2.75) is 19.8 Å². The minimum Gasteiger partial charge on any atom is -0.347 e. The largest absolute Gasteiger partial charge is 0.347 e. The Morgan fingerprint density at radius 1 is 1.41 bits per heavy atom. The standard InChI is InChI=1S/C16H23FN4O/c1-12-6-8-21(9-7-12)16(18-2)19-11-15(22)20-14-5-3-4-13(17)10-14/h3-5,10,12H,6-9,11H2,1-2H3,(H,18,19)(H,20,22). The number of nitrogens with one attached hydrogen (secondary N) is 2. The van der Waals surface area contributed by atoms with Gasteiger partial charge in [-0.05, 0) is 37.0 Å². The van der Waals surface area contributed by atoms with Crippen molar-refractivity contribution < 1.29 is 9.18 Å². The average molecular weight is 306 g/mol. The van der Waals surface area contributed by atoms with E-state index in [0.717, 1.165) is 37.8 Å². The number of nitrogens with zero attached hydrogens (tertiary/aromatic N) is 2. The van der Waals surface area contributed by atoms with Gasteiger partial charge in [0.05, 0.1) is 6.54 Å². The minimum absolute atomic E-state index is 0.106. The number of hydrogen-bond donors (Lipinski definition) is 2. The predicted octanol–water partition coefficient (Wildman–Crippen LogP) is 2.07. The number of carbonyl (C=O) groups excluding carboxylic acids is 1. The molecule has 1 amide bonds. The number of amides is 1. The van der Waals surface area contributed by atoms with Gasteiger partial charge < -0.3 is 15.5 Å². The summed E-state index contributed by atoms with van der Waals surface area (Å²) in [6, 6.07) is 5.85. The number of piperidine rings is 1. The smallest absolute Gasteiger partial charge is 0.243 e. The van der Waals surface area contributed by atoms with E-state index < -0.39 is 0 Å². The van der Waals surface area contributed by atoms with Crippen LogP contribution in [0, 0.1) is 11.7 Å². The quantitative estimate of drug-likeness (QED) is 0.664. The van der Waals surface area contributed by atoms with Gasteiger partial charge in [0.2, 0.25) is 5.91 Å². The molecule has 0 spiro atoms. The van der Waals surface area contributed by atoms with Crippen molar-refractivity contribution in [2.24, 2.45) is 10.9 Å². The second-order valence-corrected chi connectivity index (χ2v) is 5.63. The highest BCUT2D eigenvalue weighted by atomic mass is 19.1. The zero-order valence-electron chi connectivity index (χ0n) is 13.1. The van der Waals surface area contributed by atoms with Crippen molar-refractivity contribution in [3.8, 4) is 0 Å². The summed E-state index contributed by atoms with van der Waals surface area (Å²) in [7, 11) is 1.71. The predicted molar refractivity (Wildman–Crippen MR) is 86.4 cm³/mol. The van der Waals surface area contributed by atoms with Gasteiger partial charge >= 0.3 is 0 Å². The van der Waals surface area contributed by atoms with Crippen LogP contribution in [-0.4, -0.2) is 43.4 Å². The van der Waals surface area contributed by atoms with Crippen LogP contribution >= 0.6 is 0 Å². The number of benzene rings is 1. The summed E-state index contributed by atoms with van der Waals surface area (Å²) < 4.78 is 13.1. The molecule has 1 aliphatic heterocycles. The average Bonchev–Trinajstić information content (AvgIpc) is 2.49. The summed E-state index contributed by atoms with van der Waals surface area (Å²) in [6.45, 7) is 4.26. The molecule has 1 aromatic rings. The molecular formula is C16H23FN4O. The maximum atomic E-state index is 13.1. The molecule has 1 heterocycles. The van der Waals surface area contributed by atoms with Gasteiger partial charge in [-0.3, -0.25) is 9.79 Å². The topological polar surface area (TPSA) is 56.7 Å². The van der Waals surface area contributed by atoms with E-state index in [4.69, 9.17) is 0 Å². The fourth-order valence-corrected chi connectivity index (χ4v) is 2.48. The molecule has 6 heteroatoms. The van der Waals surface area contributed by atoms with E-state index in [-0.39, 0.29) is 18.3 Å². The molecule has 0 bridgehead atoms. The summed E-state index contributed by atoms with van der Waals surface area (Å²) in [5.41, 5.74) is 0.452. The second-order valence-electron chi connectivity index (χ2n) is 5.63. The van der Waals surface area contributed by atoms with Gasteiger partial charge in [-0.1, -0.05) is 13.0 Å². The van der Waals surface area contributed by atoms with Crippen LogP contribution in [0.5, 0.6) is 0 Å². The molecule has 22 heavy (non-hydrogen) atoms. The monoisotopic (exact) mass is 306 g/mol. The fraction of sp³-hybridized carbons (Fsp3) is 0.500. The highest BCUT2D eigenvalue weighted by Gasteiger charge is 2.18. The Morgan fingerprint density at radius 2 is 2.14 bits per heavy atom. The van der Waals surface area contributed by atoms with Crippen LogP contribution in [0.4, 0.5) is 10.1 Å². The molecule has 2 rings (SSSR count). The molecular weight excluding hydrogens is 283 g/mol. The van der Waals surface area contributed by atoms with Gasteiger partial charge in [0.25, 0.3) is 0 Å². The number of rotatable bonds is 3. The highest BCUT2D eigenvalue weighted by molar-refractivity contribution is 5.95. The van der Waals surface area contributed by atoms with Gasteiger partial charge in [-0.25, -0.2) is 4.39 Å². The molecule has 0 atom stereocenters. The molecule has 2 N–H and O–H groups in total. The van der Waals surface area contributed by atoms with E-state index in [1.807, 2.05) is 0 Å². The maximum Gasteiger partial charge on any atom is 0.243 e. The molecule has 0 aliphatic carbocycles. The van der Waals surface area contributed by atoms with Crippen LogP contribution in [0.25, 0.3) is 0 Å². The second kappa shape index (κ2) is 7.77. The first-order valence-corrected chi connectivity index (χ1v) is 7.59. The number of likely N-dealkylation sites (tertiary alicyclic amines) is 1. The zero-order valence-corrected chi connectivity index (χ0v) is 13.1. The van der Waals surface area contributed by atoms with Gasteiger partial charge in [-0.2, -0.15) is 0 Å². The molecule has 0 unspecified atom stereocenters. The Labute approximate surface area is 130 Å². The molecule has 120 valence electrons. The van der Waals surface area contributed by atoms with Crippen molar-refractivity contribution in [3.05, 3.63) is 30.1 Å². The number of halogens is 1. The van der Waals surface area contributed by atoms with Crippen molar-refractivity contribution >= 4 is 17.6 Å². The first-order chi connectivity index (χ1) is 10.6. The molecule has 1 saturated heterocycles. The Bertz CT molecular complexity index is 539. The van der Waals surface area contributed by atoms with Crippen LogP contribution in [0.1, 0.15) is 19.8 Å². The molecule has 0 radical (unpaired) electrons. The highest BCUT2D eigenvalue weighted by Crippen LogP contribution is 2.15. The lowest BCUT2D eigenvalue weighted by atomic mass is 10.00. The lowest BCUT2D eigenvalue weighted by molar-refractivity contribution is -0.115. The van der Waals surface area contributed by atoms with E-state index in [1.54, 1.807) is 19.2 Å². The van der Waals surface area contributed by atoms with Gasteiger partial charge in [0.1, 0.15) is 5.82 Å². The Balaban J connectivity index is 1.81. The van der Waals surface area contributed by atoms with Crippen LogP contribution in [0.2, 0.25) is 0 Å². The molecule has 0 saturated carbocycles. The van der Waals surface area contributed by atoms with E-state index in [1.165, 1.54) is 12.1 Å². The number of anilines is 1. The first kappa shape index (κ1) is 16.3. The number of carbonyl (C=O) groups is 1. The number of guanidine groups is 1. The zero-order chi connectivity index (χ0) is 15.9. The van der Waals surface area contributed by atoms with E-state index in [2.05, 4.69) is 27.4 Å². The van der Waals surface area contributed by atoms with Crippen molar-refractivity contribution in [1.82, 2.24) is 10.2 Å². The van der Waals surface area contributed by atoms with Gasteiger partial charge in [0, 0.05) is 25.8 Å². The van der Waals surface area contributed by atoms with Crippen LogP contribution < -0.4 is 10.6 Å². The van der Waals surface area contributed by atoms with Crippen LogP contribution in [0.15, 0.2) is 29.3 Å². The van der Waals surface area contributed by atoms with Crippen molar-refractivity contribution in [1.29, 1.82) is 0 Å². The SMILES string of the molecule is CN=C(NCC(=O)Nc1cccc(F)c1)N1CCC(C)CC1. The Hall–Kier alpha value is -2.11. The third kappa shape index (κ3) is 4.72. The molecule has 5 nitrogen and oxygen atoms in total. The lowest BCUT2D eigenvalue weighted by Crippen LogP contribution is -2.47. The third-order valence-corrected chi connectivity index (χ3v) is 3.81. The minimum atomic E-state index is -0.371. The lowest BCUT2D eigenvalue weighted by Gasteiger charge is -2.32. The van der Waals surface area contributed by atoms with Crippen LogP contribution in [0.3, 0.4) is 0 Å². The fourth-order valence-electron chi connectivity index (χ4n) is 2.48. The van der Waals surface area contributed by atoms with Crippen LogP contribution in [-0.2, 0) is 4.79 Å². The maximum absolute atomic E-state index is 13.1. The van der Waals surface area contributed by atoms with Gasteiger partial charge in [0.15, 0.2) is 5.96 Å². The molecule has 1 aromatic carbocycles. The van der Waals surface area contributed by atoms with Crippen molar-refractivity contribution in [2.75, 3.05) is 32.0 Å². The molecule has 0 aromatic heterocycles. The van der Waals surface area contributed by atoms with E-state index >= 15 is 0 Å². The Kier molecular flexibility index (Phi) is 5.75. The normalized spacial score (nSPS) is 16.5. The summed E-state index contributed by atoms with van der Waals surface area (Å²) >= 11 is 0. The summed E-state index contributed by atoms with van der Waals surface area (Å²) in [4.78, 5) is 18.3. The van der Waals surface area contributed by atoms with Crippen molar-refractivity contribution in [3.63, 3.8) is 0 Å². The summed E-state index contributed by atoms with van der Waals surface area (Å²) in [5, 5.41) is 5.72. The molecule has 1 aliphatic rings. The third-order valence-electron chi connectivity index (χ3n) is 3.81. The molecule has 1 fully saturated rings. The number of hydrogen-bond acceptors (Lipinski definition) is 2. The van der Waals surface area contributed by atoms with E-state index in [9.17, 15) is 9.18 Å². The first-order valence-electron chi connectivity index (χ1n) is 7.59. The summed E-state index contributed by atoms with van der Waals surface area (Å²) in [6.07, 6.45) is 2.27. The van der Waals surface area contributed by atoms with E-state index in [0.29, 0.717) is 5.69 Å². The number of aliphatic imine (C=N–C) groups is 1. The summed E-state index contributed by atoms with van der Waals surface area (Å²) in [5.74, 6) is 0.882. The van der Waals surface area contributed by atoms with Gasteiger partial charge in [-0.15, -0.1) is 0 Å². The Morgan fingerprint density at radius 3 is 2.77 bits per heavy atom.